The molecule has 0 saturated carbocycles. The molecule has 2 aliphatic heterocycles. The van der Waals surface area contributed by atoms with Gasteiger partial charge in [-0.3, -0.25) is 14.5 Å². The highest BCUT2D eigenvalue weighted by atomic mass is 32.2. The van der Waals surface area contributed by atoms with Gasteiger partial charge in [-0.25, -0.2) is 4.39 Å². The van der Waals surface area contributed by atoms with E-state index in [1.54, 1.807) is 31.2 Å². The molecular formula is C18H19FN2O2S. The van der Waals surface area contributed by atoms with E-state index in [1.807, 2.05) is 4.90 Å². The van der Waals surface area contributed by atoms with Gasteiger partial charge in [0, 0.05) is 13.1 Å². The van der Waals surface area contributed by atoms with Crippen molar-refractivity contribution in [1.82, 2.24) is 4.90 Å². The summed E-state index contributed by atoms with van der Waals surface area (Å²) in [7, 11) is 0. The predicted octanol–water partition coefficient (Wildman–Crippen LogP) is 4.04. The fraction of sp³-hybridized carbons (Fsp3) is 0.333. The zero-order chi connectivity index (χ0) is 17.3. The summed E-state index contributed by atoms with van der Waals surface area (Å²) >= 11 is 0.874. The molecule has 0 radical (unpaired) electrons. The van der Waals surface area contributed by atoms with E-state index in [1.165, 1.54) is 11.0 Å². The van der Waals surface area contributed by atoms with Crippen LogP contribution in [0.15, 0.2) is 35.8 Å². The number of thioether (sulfide) groups is 1. The molecule has 4 nitrogen and oxygen atoms in total. The largest absolute Gasteiger partial charge is 0.369 e. The van der Waals surface area contributed by atoms with Crippen molar-refractivity contribution in [2.45, 2.75) is 25.8 Å². The maximum absolute atomic E-state index is 14.4. The molecule has 1 atom stereocenters. The van der Waals surface area contributed by atoms with Gasteiger partial charge in [0.1, 0.15) is 5.82 Å². The van der Waals surface area contributed by atoms with Crippen molar-refractivity contribution in [3.63, 3.8) is 0 Å². The Morgan fingerprint density at radius 1 is 1.29 bits per heavy atom. The third-order valence-corrected chi connectivity index (χ3v) is 5.17. The van der Waals surface area contributed by atoms with Crippen LogP contribution in [0.4, 0.5) is 14.9 Å². The number of hydrogen-bond donors (Lipinski definition) is 0. The Kier molecular flexibility index (Phi) is 4.76. The molecule has 1 aromatic carbocycles. The minimum Gasteiger partial charge on any atom is -0.369 e. The molecule has 0 aliphatic carbocycles. The van der Waals surface area contributed by atoms with Crippen LogP contribution in [-0.2, 0) is 4.79 Å². The SMILES string of the molecule is C=C[C@@H](C)N1C(=O)S/C(=C\c2ccc(N3CCCC3)c(F)c2)C1=O. The van der Waals surface area contributed by atoms with Gasteiger partial charge in [0.05, 0.1) is 16.6 Å². The first-order chi connectivity index (χ1) is 11.5. The van der Waals surface area contributed by atoms with Crippen LogP contribution in [0.1, 0.15) is 25.3 Å². The van der Waals surface area contributed by atoms with Gasteiger partial charge < -0.3 is 4.90 Å². The number of halogens is 1. The molecule has 0 aromatic heterocycles. The Labute approximate surface area is 145 Å². The van der Waals surface area contributed by atoms with Crippen molar-refractivity contribution < 1.29 is 14.0 Å². The molecule has 0 spiro atoms. The molecule has 2 aliphatic rings. The maximum atomic E-state index is 14.4. The van der Waals surface area contributed by atoms with Crippen molar-refractivity contribution in [2.24, 2.45) is 0 Å². The van der Waals surface area contributed by atoms with Crippen LogP contribution < -0.4 is 4.90 Å². The Hall–Kier alpha value is -2.08. The molecule has 2 saturated heterocycles. The monoisotopic (exact) mass is 346 g/mol. The topological polar surface area (TPSA) is 40.6 Å². The number of hydrogen-bond acceptors (Lipinski definition) is 4. The van der Waals surface area contributed by atoms with Crippen molar-refractivity contribution in [3.05, 3.63) is 47.1 Å². The Balaban J connectivity index is 1.84. The number of carbonyl (C=O) groups is 2. The molecule has 0 N–H and O–H groups in total. The molecule has 0 bridgehead atoms. The van der Waals surface area contributed by atoms with Crippen molar-refractivity contribution in [2.75, 3.05) is 18.0 Å². The Morgan fingerprint density at radius 2 is 2.00 bits per heavy atom. The van der Waals surface area contributed by atoms with Gasteiger partial charge in [-0.15, -0.1) is 6.58 Å². The van der Waals surface area contributed by atoms with Gasteiger partial charge in [0.2, 0.25) is 0 Å². The maximum Gasteiger partial charge on any atom is 0.294 e. The quantitative estimate of drug-likeness (QED) is 0.609. The minimum absolute atomic E-state index is 0.302. The van der Waals surface area contributed by atoms with Crippen LogP contribution in [0.2, 0.25) is 0 Å². The van der Waals surface area contributed by atoms with E-state index in [4.69, 9.17) is 0 Å². The van der Waals surface area contributed by atoms with Crippen LogP contribution >= 0.6 is 11.8 Å². The summed E-state index contributed by atoms with van der Waals surface area (Å²) in [5, 5.41) is -0.326. The van der Waals surface area contributed by atoms with Crippen molar-refractivity contribution in [1.29, 1.82) is 0 Å². The number of carbonyl (C=O) groups excluding carboxylic acids is 2. The third-order valence-electron chi connectivity index (χ3n) is 4.29. The zero-order valence-corrected chi connectivity index (χ0v) is 14.3. The second-order valence-electron chi connectivity index (χ2n) is 5.93. The third kappa shape index (κ3) is 3.11. The molecule has 126 valence electrons. The lowest BCUT2D eigenvalue weighted by Gasteiger charge is -2.18. The number of amides is 2. The highest BCUT2D eigenvalue weighted by molar-refractivity contribution is 8.18. The first kappa shape index (κ1) is 16.8. The van der Waals surface area contributed by atoms with Gasteiger partial charge >= 0.3 is 0 Å². The standard InChI is InChI=1S/C18H19FN2O2S/c1-3-12(2)21-17(22)16(24-18(21)23)11-13-6-7-15(14(19)10-13)20-8-4-5-9-20/h3,6-7,10-12H,1,4-5,8-9H2,2H3/b16-11-/t12-/m1/s1. The van der Waals surface area contributed by atoms with Gasteiger partial charge in [-0.1, -0.05) is 12.1 Å². The molecule has 1 aromatic rings. The lowest BCUT2D eigenvalue weighted by Crippen LogP contribution is -2.35. The van der Waals surface area contributed by atoms with Crippen LogP contribution in [0.25, 0.3) is 6.08 Å². The fourth-order valence-electron chi connectivity index (χ4n) is 2.92. The van der Waals surface area contributed by atoms with E-state index in [0.717, 1.165) is 37.7 Å². The minimum atomic E-state index is -0.363. The zero-order valence-electron chi connectivity index (χ0n) is 13.5. The summed E-state index contributed by atoms with van der Waals surface area (Å²) in [4.78, 5) is 27.8. The summed E-state index contributed by atoms with van der Waals surface area (Å²) in [6.45, 7) is 7.09. The van der Waals surface area contributed by atoms with E-state index in [0.29, 0.717) is 16.2 Å². The highest BCUT2D eigenvalue weighted by Crippen LogP contribution is 2.34. The van der Waals surface area contributed by atoms with Gasteiger partial charge in [0.25, 0.3) is 11.1 Å². The first-order valence-electron chi connectivity index (χ1n) is 7.95. The molecule has 0 unspecified atom stereocenters. The number of rotatable bonds is 4. The van der Waals surface area contributed by atoms with E-state index in [-0.39, 0.29) is 23.0 Å². The van der Waals surface area contributed by atoms with E-state index in [9.17, 15) is 14.0 Å². The Morgan fingerprint density at radius 3 is 2.62 bits per heavy atom. The average Bonchev–Trinajstić information content (AvgIpc) is 3.16. The predicted molar refractivity (Wildman–Crippen MR) is 95.3 cm³/mol. The number of anilines is 1. The molecular weight excluding hydrogens is 327 g/mol. The van der Waals surface area contributed by atoms with Gasteiger partial charge in [0.15, 0.2) is 0 Å². The fourth-order valence-corrected chi connectivity index (χ4v) is 3.83. The van der Waals surface area contributed by atoms with E-state index < -0.39 is 0 Å². The Bertz CT molecular complexity index is 726. The van der Waals surface area contributed by atoms with Gasteiger partial charge in [-0.05, 0) is 55.3 Å². The molecule has 6 heteroatoms. The molecule has 3 rings (SSSR count). The van der Waals surface area contributed by atoms with Crippen LogP contribution in [0, 0.1) is 5.82 Å². The number of benzene rings is 1. The van der Waals surface area contributed by atoms with Crippen LogP contribution in [-0.4, -0.2) is 35.2 Å². The molecule has 2 fully saturated rings. The second-order valence-corrected chi connectivity index (χ2v) is 6.93. The molecule has 24 heavy (non-hydrogen) atoms. The van der Waals surface area contributed by atoms with Crippen LogP contribution in [0.3, 0.4) is 0 Å². The van der Waals surface area contributed by atoms with E-state index >= 15 is 0 Å². The smallest absolute Gasteiger partial charge is 0.294 e. The van der Waals surface area contributed by atoms with Crippen molar-refractivity contribution in [3.8, 4) is 0 Å². The average molecular weight is 346 g/mol. The lowest BCUT2D eigenvalue weighted by atomic mass is 10.1. The molecule has 2 amide bonds. The first-order valence-corrected chi connectivity index (χ1v) is 8.77. The van der Waals surface area contributed by atoms with E-state index in [2.05, 4.69) is 6.58 Å². The van der Waals surface area contributed by atoms with Crippen molar-refractivity contribution >= 4 is 34.7 Å². The summed E-state index contributed by atoms with van der Waals surface area (Å²) in [5.41, 5.74) is 1.17. The second kappa shape index (κ2) is 6.81. The normalized spacial score (nSPS) is 21.0. The van der Waals surface area contributed by atoms with Gasteiger partial charge in [-0.2, -0.15) is 0 Å². The van der Waals surface area contributed by atoms with Crippen LogP contribution in [0.5, 0.6) is 0 Å². The summed E-state index contributed by atoms with van der Waals surface area (Å²) < 4.78 is 14.4. The molecule has 2 heterocycles. The lowest BCUT2D eigenvalue weighted by molar-refractivity contribution is -0.123. The number of nitrogens with zero attached hydrogens (tertiary/aromatic N) is 2. The summed E-state index contributed by atoms with van der Waals surface area (Å²) in [5.74, 6) is -0.661. The summed E-state index contributed by atoms with van der Waals surface area (Å²) in [6.07, 6.45) is 5.27. The number of imide groups is 1. The summed E-state index contributed by atoms with van der Waals surface area (Å²) in [6, 6.07) is 4.57. The highest BCUT2D eigenvalue weighted by Gasteiger charge is 2.37.